The van der Waals surface area contributed by atoms with Gasteiger partial charge in [-0.05, 0) is 36.9 Å². The van der Waals surface area contributed by atoms with Crippen LogP contribution in [0, 0.1) is 16.4 Å². The molecule has 3 rings (SSSR count). The van der Waals surface area contributed by atoms with Crippen LogP contribution in [0.1, 0.15) is 18.9 Å². The molecule has 0 amide bonds. The number of nitrogens with one attached hydrogen (secondary N) is 1. The molecule has 0 saturated carbocycles. The molecule has 0 bridgehead atoms. The Hall–Kier alpha value is -0.880. The second kappa shape index (κ2) is 4.66. The Morgan fingerprint density at radius 3 is 2.94 bits per heavy atom. The largest absolute Gasteiger partial charge is 0.328 e. The standard InChI is InChI=1S/C12H12F2N2S2/c13-7-4-9(14)11-10(5-7)16(12(17)15-11)8-2-1-3-18-6-8/h4-5,8H,1-3,6H2,(H,15,17). The molecule has 6 heteroatoms. The van der Waals surface area contributed by atoms with Crippen LogP contribution >= 0.6 is 24.0 Å². The van der Waals surface area contributed by atoms with Gasteiger partial charge >= 0.3 is 0 Å². The Morgan fingerprint density at radius 1 is 1.39 bits per heavy atom. The number of fused-ring (bicyclic) bond motifs is 1. The zero-order chi connectivity index (χ0) is 12.7. The average Bonchev–Trinajstić information content (AvgIpc) is 2.67. The first-order chi connectivity index (χ1) is 8.66. The zero-order valence-electron chi connectivity index (χ0n) is 9.58. The molecule has 2 heterocycles. The number of hydrogen-bond donors (Lipinski definition) is 1. The molecule has 1 saturated heterocycles. The number of rotatable bonds is 1. The first-order valence-corrected chi connectivity index (χ1v) is 7.40. The van der Waals surface area contributed by atoms with E-state index in [1.807, 2.05) is 16.3 Å². The third-order valence-corrected chi connectivity index (χ3v) is 4.74. The summed E-state index contributed by atoms with van der Waals surface area (Å²) < 4.78 is 29.4. The van der Waals surface area contributed by atoms with Crippen molar-refractivity contribution in [2.45, 2.75) is 18.9 Å². The molecular formula is C12H12F2N2S2. The number of aromatic amines is 1. The Kier molecular flexibility index (Phi) is 3.15. The molecule has 1 aliphatic heterocycles. The first-order valence-electron chi connectivity index (χ1n) is 5.84. The summed E-state index contributed by atoms with van der Waals surface area (Å²) >= 11 is 7.10. The van der Waals surface area contributed by atoms with Crippen molar-refractivity contribution < 1.29 is 8.78 Å². The fraction of sp³-hybridized carbons (Fsp3) is 0.417. The van der Waals surface area contributed by atoms with Crippen molar-refractivity contribution in [3.8, 4) is 0 Å². The quantitative estimate of drug-likeness (QED) is 0.798. The van der Waals surface area contributed by atoms with E-state index < -0.39 is 11.6 Å². The Balaban J connectivity index is 2.21. The van der Waals surface area contributed by atoms with Crippen LogP contribution in [0.5, 0.6) is 0 Å². The van der Waals surface area contributed by atoms with E-state index in [1.165, 1.54) is 6.07 Å². The number of nitrogens with zero attached hydrogens (tertiary/aromatic N) is 1. The fourth-order valence-corrected chi connectivity index (χ4v) is 3.91. The number of hydrogen-bond acceptors (Lipinski definition) is 2. The SMILES string of the molecule is Fc1cc(F)c2[nH]c(=S)n(C3CCCSC3)c2c1. The maximum atomic E-state index is 13.7. The van der Waals surface area contributed by atoms with Crippen molar-refractivity contribution >= 4 is 35.0 Å². The van der Waals surface area contributed by atoms with Gasteiger partial charge in [0, 0.05) is 17.9 Å². The second-order valence-electron chi connectivity index (χ2n) is 4.45. The maximum absolute atomic E-state index is 13.7. The summed E-state index contributed by atoms with van der Waals surface area (Å²) in [6, 6.07) is 2.46. The van der Waals surface area contributed by atoms with Crippen LogP contribution in [-0.2, 0) is 0 Å². The molecule has 0 radical (unpaired) electrons. The lowest BCUT2D eigenvalue weighted by atomic mass is 10.1. The molecule has 1 aliphatic rings. The minimum atomic E-state index is -0.585. The van der Waals surface area contributed by atoms with E-state index in [1.54, 1.807) is 0 Å². The van der Waals surface area contributed by atoms with Gasteiger partial charge in [-0.1, -0.05) is 0 Å². The van der Waals surface area contributed by atoms with Crippen molar-refractivity contribution in [1.29, 1.82) is 0 Å². The van der Waals surface area contributed by atoms with Crippen LogP contribution in [0.2, 0.25) is 0 Å². The number of benzene rings is 1. The van der Waals surface area contributed by atoms with Crippen LogP contribution in [0.4, 0.5) is 8.78 Å². The van der Waals surface area contributed by atoms with Gasteiger partial charge in [0.1, 0.15) is 11.3 Å². The highest BCUT2D eigenvalue weighted by molar-refractivity contribution is 7.99. The molecule has 1 N–H and O–H groups in total. The predicted octanol–water partition coefficient (Wildman–Crippen LogP) is 4.05. The van der Waals surface area contributed by atoms with Gasteiger partial charge in [0.05, 0.1) is 5.52 Å². The van der Waals surface area contributed by atoms with E-state index >= 15 is 0 Å². The number of H-pyrrole nitrogens is 1. The summed E-state index contributed by atoms with van der Waals surface area (Å²) in [7, 11) is 0. The molecular weight excluding hydrogens is 274 g/mol. The highest BCUT2D eigenvalue weighted by atomic mass is 32.2. The van der Waals surface area contributed by atoms with E-state index in [9.17, 15) is 8.78 Å². The second-order valence-corrected chi connectivity index (χ2v) is 5.99. The van der Waals surface area contributed by atoms with E-state index in [2.05, 4.69) is 4.98 Å². The molecule has 2 nitrogen and oxygen atoms in total. The van der Waals surface area contributed by atoms with Gasteiger partial charge in [0.15, 0.2) is 10.6 Å². The topological polar surface area (TPSA) is 20.7 Å². The summed E-state index contributed by atoms with van der Waals surface area (Å²) in [5.41, 5.74) is 0.835. The summed E-state index contributed by atoms with van der Waals surface area (Å²) in [4.78, 5) is 2.85. The Labute approximate surface area is 112 Å². The molecule has 0 aliphatic carbocycles. The summed E-state index contributed by atoms with van der Waals surface area (Å²) in [5, 5.41) is 0. The number of aromatic nitrogens is 2. The highest BCUT2D eigenvalue weighted by Crippen LogP contribution is 2.31. The monoisotopic (exact) mass is 286 g/mol. The van der Waals surface area contributed by atoms with Crippen molar-refractivity contribution in [1.82, 2.24) is 9.55 Å². The summed E-state index contributed by atoms with van der Waals surface area (Å²) in [6.07, 6.45) is 2.12. The van der Waals surface area contributed by atoms with E-state index in [4.69, 9.17) is 12.2 Å². The van der Waals surface area contributed by atoms with Gasteiger partial charge in [0.25, 0.3) is 0 Å². The molecule has 1 fully saturated rings. The van der Waals surface area contributed by atoms with E-state index in [-0.39, 0.29) is 6.04 Å². The van der Waals surface area contributed by atoms with Crippen molar-refractivity contribution in [3.05, 3.63) is 28.5 Å². The number of imidazole rings is 1. The molecule has 1 atom stereocenters. The van der Waals surface area contributed by atoms with Crippen LogP contribution in [0.25, 0.3) is 11.0 Å². The van der Waals surface area contributed by atoms with Crippen LogP contribution in [0.15, 0.2) is 12.1 Å². The minimum absolute atomic E-state index is 0.228. The molecule has 2 aromatic rings. The predicted molar refractivity (Wildman–Crippen MR) is 72.6 cm³/mol. The smallest absolute Gasteiger partial charge is 0.178 e. The van der Waals surface area contributed by atoms with Gasteiger partial charge in [0.2, 0.25) is 0 Å². The lowest BCUT2D eigenvalue weighted by Gasteiger charge is -2.23. The third-order valence-electron chi connectivity index (χ3n) is 3.25. The van der Waals surface area contributed by atoms with Crippen LogP contribution in [0.3, 0.4) is 0 Å². The molecule has 1 aromatic heterocycles. The molecule has 1 aromatic carbocycles. The van der Waals surface area contributed by atoms with Gasteiger partial charge in [-0.15, -0.1) is 0 Å². The van der Waals surface area contributed by atoms with Crippen LogP contribution < -0.4 is 0 Å². The minimum Gasteiger partial charge on any atom is -0.328 e. The van der Waals surface area contributed by atoms with Gasteiger partial charge < -0.3 is 9.55 Å². The number of thioether (sulfide) groups is 1. The lowest BCUT2D eigenvalue weighted by Crippen LogP contribution is -2.16. The van der Waals surface area contributed by atoms with E-state index in [0.29, 0.717) is 15.8 Å². The van der Waals surface area contributed by atoms with Crippen LogP contribution in [-0.4, -0.2) is 21.1 Å². The highest BCUT2D eigenvalue weighted by Gasteiger charge is 2.20. The van der Waals surface area contributed by atoms with Gasteiger partial charge in [-0.25, -0.2) is 8.78 Å². The molecule has 0 spiro atoms. The normalized spacial score (nSPS) is 20.4. The third kappa shape index (κ3) is 1.97. The van der Waals surface area contributed by atoms with Crippen molar-refractivity contribution in [2.75, 3.05) is 11.5 Å². The zero-order valence-corrected chi connectivity index (χ0v) is 11.2. The molecule has 18 heavy (non-hydrogen) atoms. The Morgan fingerprint density at radius 2 is 2.22 bits per heavy atom. The summed E-state index contributed by atoms with van der Waals surface area (Å²) in [6.45, 7) is 0. The van der Waals surface area contributed by atoms with Crippen molar-refractivity contribution in [2.24, 2.45) is 0 Å². The molecule has 1 unspecified atom stereocenters. The summed E-state index contributed by atoms with van der Waals surface area (Å²) in [5.74, 6) is 0.943. The van der Waals surface area contributed by atoms with Gasteiger partial charge in [-0.2, -0.15) is 11.8 Å². The van der Waals surface area contributed by atoms with Gasteiger partial charge in [-0.3, -0.25) is 0 Å². The molecule has 96 valence electrons. The average molecular weight is 286 g/mol. The fourth-order valence-electron chi connectivity index (χ4n) is 2.44. The van der Waals surface area contributed by atoms with Crippen molar-refractivity contribution in [3.63, 3.8) is 0 Å². The number of halogens is 2. The Bertz CT molecular complexity index is 641. The lowest BCUT2D eigenvalue weighted by molar-refractivity contribution is 0.505. The van der Waals surface area contributed by atoms with E-state index in [0.717, 1.165) is 30.4 Å². The first kappa shape index (κ1) is 12.2. The maximum Gasteiger partial charge on any atom is 0.178 e.